The zero-order valence-corrected chi connectivity index (χ0v) is 12.9. The number of ether oxygens (including phenoxy) is 1. The second kappa shape index (κ2) is 6.26. The molecule has 0 bridgehead atoms. The Hall–Kier alpha value is -1.88. The molecule has 2 aromatic rings. The van der Waals surface area contributed by atoms with Crippen LogP contribution in [0.4, 0.5) is 0 Å². The molecule has 5 heteroatoms. The maximum atomic E-state index is 12.3. The maximum Gasteiger partial charge on any atom is 0.265 e. The van der Waals surface area contributed by atoms with Gasteiger partial charge in [0.05, 0.1) is 5.69 Å². The number of rotatable bonds is 5. The van der Waals surface area contributed by atoms with Crippen LogP contribution in [0.25, 0.3) is 0 Å². The minimum absolute atomic E-state index is 0.126. The molecular weight excluding hydrogens is 284 g/mol. The van der Waals surface area contributed by atoms with Gasteiger partial charge < -0.3 is 9.64 Å². The monoisotopic (exact) mass is 302 g/mol. The number of carbonyl (C=O) groups is 1. The Morgan fingerprint density at radius 2 is 2.14 bits per heavy atom. The molecule has 21 heavy (non-hydrogen) atoms. The predicted molar refractivity (Wildman–Crippen MR) is 82.8 cm³/mol. The van der Waals surface area contributed by atoms with Gasteiger partial charge in [-0.1, -0.05) is 25.1 Å². The lowest BCUT2D eigenvalue weighted by Gasteiger charge is -2.25. The molecular formula is C16H18N2O2S. The summed E-state index contributed by atoms with van der Waals surface area (Å²) in [7, 11) is 0. The van der Waals surface area contributed by atoms with Crippen molar-refractivity contribution in [2.45, 2.75) is 26.4 Å². The molecule has 2 heterocycles. The van der Waals surface area contributed by atoms with Crippen LogP contribution in [-0.4, -0.2) is 28.9 Å². The fourth-order valence-electron chi connectivity index (χ4n) is 2.43. The van der Waals surface area contributed by atoms with E-state index in [9.17, 15) is 4.79 Å². The zero-order valence-electron chi connectivity index (χ0n) is 12.0. The van der Waals surface area contributed by atoms with Gasteiger partial charge in [0.25, 0.3) is 5.91 Å². The summed E-state index contributed by atoms with van der Waals surface area (Å²) in [6.45, 7) is 4.12. The molecule has 0 aliphatic carbocycles. The smallest absolute Gasteiger partial charge is 0.265 e. The van der Waals surface area contributed by atoms with Gasteiger partial charge in [0.2, 0.25) is 0 Å². The highest BCUT2D eigenvalue weighted by molar-refractivity contribution is 7.13. The summed E-state index contributed by atoms with van der Waals surface area (Å²) < 4.78 is 5.70. The molecule has 1 aliphatic heterocycles. The van der Waals surface area contributed by atoms with Crippen molar-refractivity contribution < 1.29 is 9.53 Å². The summed E-state index contributed by atoms with van der Waals surface area (Å²) >= 11 is 1.46. The number of hydrogen-bond acceptors (Lipinski definition) is 4. The number of fused-ring (bicyclic) bond motifs is 1. The van der Waals surface area contributed by atoms with Gasteiger partial charge in [-0.3, -0.25) is 4.79 Å². The van der Waals surface area contributed by atoms with E-state index in [1.807, 2.05) is 35.2 Å². The molecule has 0 atom stereocenters. The Morgan fingerprint density at radius 1 is 1.33 bits per heavy atom. The van der Waals surface area contributed by atoms with Gasteiger partial charge in [-0.15, -0.1) is 11.3 Å². The second-order valence-electron chi connectivity index (χ2n) is 5.03. The van der Waals surface area contributed by atoms with Crippen molar-refractivity contribution in [3.8, 4) is 5.75 Å². The van der Waals surface area contributed by atoms with Gasteiger partial charge in [0.1, 0.15) is 22.2 Å². The third kappa shape index (κ3) is 3.08. The Labute approximate surface area is 128 Å². The molecule has 0 N–H and O–H groups in total. The summed E-state index contributed by atoms with van der Waals surface area (Å²) in [5.41, 5.74) is 0.934. The summed E-state index contributed by atoms with van der Waals surface area (Å²) in [4.78, 5) is 19.6. The lowest BCUT2D eigenvalue weighted by Crippen LogP contribution is -2.37. The standard InChI is InChI=1S/C16H18N2O2S/c1-2-9-18-10-8-13-15(16(18)19)21-14(17-13)11-20-12-6-4-3-5-7-12/h3-7H,2,8-11H2,1H3. The molecule has 0 radical (unpaired) electrons. The highest BCUT2D eigenvalue weighted by Crippen LogP contribution is 2.26. The number of para-hydroxylation sites is 1. The van der Waals surface area contributed by atoms with Gasteiger partial charge in [-0.25, -0.2) is 4.98 Å². The van der Waals surface area contributed by atoms with Crippen molar-refractivity contribution in [2.75, 3.05) is 13.1 Å². The Bertz CT molecular complexity index is 624. The van der Waals surface area contributed by atoms with E-state index in [0.717, 1.165) is 47.3 Å². The summed E-state index contributed by atoms with van der Waals surface area (Å²) in [5, 5.41) is 0.871. The van der Waals surface area contributed by atoms with E-state index in [2.05, 4.69) is 11.9 Å². The molecule has 1 aromatic carbocycles. The van der Waals surface area contributed by atoms with Gasteiger partial charge in [-0.2, -0.15) is 0 Å². The highest BCUT2D eigenvalue weighted by Gasteiger charge is 2.27. The van der Waals surface area contributed by atoms with Crippen molar-refractivity contribution in [3.63, 3.8) is 0 Å². The molecule has 0 fully saturated rings. The summed E-state index contributed by atoms with van der Waals surface area (Å²) in [5.74, 6) is 0.950. The highest BCUT2D eigenvalue weighted by atomic mass is 32.1. The molecule has 0 unspecified atom stereocenters. The molecule has 4 nitrogen and oxygen atoms in total. The number of nitrogens with zero attached hydrogens (tertiary/aromatic N) is 2. The van der Waals surface area contributed by atoms with Crippen molar-refractivity contribution in [1.29, 1.82) is 0 Å². The van der Waals surface area contributed by atoms with Gasteiger partial charge in [0, 0.05) is 19.5 Å². The number of benzene rings is 1. The zero-order chi connectivity index (χ0) is 14.7. The van der Waals surface area contributed by atoms with E-state index in [1.165, 1.54) is 11.3 Å². The summed E-state index contributed by atoms with van der Waals surface area (Å²) in [6.07, 6.45) is 1.84. The first-order valence-corrected chi connectivity index (χ1v) is 8.05. The number of carbonyl (C=O) groups excluding carboxylic acids is 1. The third-order valence-corrected chi connectivity index (χ3v) is 4.50. The van der Waals surface area contributed by atoms with Crippen LogP contribution >= 0.6 is 11.3 Å². The van der Waals surface area contributed by atoms with Crippen LogP contribution in [0.15, 0.2) is 30.3 Å². The maximum absolute atomic E-state index is 12.3. The van der Waals surface area contributed by atoms with Crippen LogP contribution in [0.2, 0.25) is 0 Å². The minimum Gasteiger partial charge on any atom is -0.486 e. The lowest BCUT2D eigenvalue weighted by atomic mass is 10.1. The van der Waals surface area contributed by atoms with E-state index >= 15 is 0 Å². The fraction of sp³-hybridized carbons (Fsp3) is 0.375. The van der Waals surface area contributed by atoms with Crippen LogP contribution in [0.5, 0.6) is 5.75 Å². The minimum atomic E-state index is 0.126. The molecule has 0 spiro atoms. The molecule has 110 valence electrons. The largest absolute Gasteiger partial charge is 0.486 e. The van der Waals surface area contributed by atoms with Crippen LogP contribution in [-0.2, 0) is 13.0 Å². The van der Waals surface area contributed by atoms with Crippen LogP contribution in [0.1, 0.15) is 33.7 Å². The Kier molecular flexibility index (Phi) is 4.20. The van der Waals surface area contributed by atoms with E-state index in [1.54, 1.807) is 0 Å². The number of hydrogen-bond donors (Lipinski definition) is 0. The van der Waals surface area contributed by atoms with Gasteiger partial charge in [0.15, 0.2) is 0 Å². The molecule has 1 aliphatic rings. The molecule has 1 aromatic heterocycles. The van der Waals surface area contributed by atoms with Crippen molar-refractivity contribution in [1.82, 2.24) is 9.88 Å². The van der Waals surface area contributed by atoms with Crippen molar-refractivity contribution >= 4 is 17.2 Å². The van der Waals surface area contributed by atoms with E-state index in [-0.39, 0.29) is 5.91 Å². The van der Waals surface area contributed by atoms with Crippen LogP contribution in [0.3, 0.4) is 0 Å². The molecule has 1 amide bonds. The number of aromatic nitrogens is 1. The number of thiazole rings is 1. The van der Waals surface area contributed by atoms with E-state index < -0.39 is 0 Å². The SMILES string of the molecule is CCCN1CCc2nc(COc3ccccc3)sc2C1=O. The van der Waals surface area contributed by atoms with Gasteiger partial charge in [-0.05, 0) is 18.6 Å². The Balaban J connectivity index is 1.70. The average Bonchev–Trinajstić information content (AvgIpc) is 2.93. The van der Waals surface area contributed by atoms with Crippen LogP contribution in [0, 0.1) is 0 Å². The van der Waals surface area contributed by atoms with E-state index in [4.69, 9.17) is 4.74 Å². The first-order chi connectivity index (χ1) is 10.3. The lowest BCUT2D eigenvalue weighted by molar-refractivity contribution is 0.0744. The van der Waals surface area contributed by atoms with Crippen molar-refractivity contribution in [2.24, 2.45) is 0 Å². The average molecular weight is 302 g/mol. The number of amides is 1. The van der Waals surface area contributed by atoms with Crippen molar-refractivity contribution in [3.05, 3.63) is 45.9 Å². The predicted octanol–water partition coefficient (Wildman–Crippen LogP) is 3.13. The molecule has 0 saturated carbocycles. The van der Waals surface area contributed by atoms with E-state index in [0.29, 0.717) is 6.61 Å². The summed E-state index contributed by atoms with van der Waals surface area (Å²) in [6, 6.07) is 9.67. The van der Waals surface area contributed by atoms with Gasteiger partial charge >= 0.3 is 0 Å². The van der Waals surface area contributed by atoms with Crippen LogP contribution < -0.4 is 4.74 Å². The Morgan fingerprint density at radius 3 is 2.90 bits per heavy atom. The first kappa shape index (κ1) is 14.1. The normalized spacial score (nSPS) is 14.1. The second-order valence-corrected chi connectivity index (χ2v) is 6.11. The quantitative estimate of drug-likeness (QED) is 0.852. The topological polar surface area (TPSA) is 42.4 Å². The molecule has 0 saturated heterocycles. The fourth-order valence-corrected chi connectivity index (χ4v) is 3.42. The first-order valence-electron chi connectivity index (χ1n) is 7.23. The third-order valence-electron chi connectivity index (χ3n) is 3.44. The molecule has 3 rings (SSSR count).